The number of hydrogen-bond donors (Lipinski definition) is 1. The van der Waals surface area contributed by atoms with Crippen LogP contribution in [0.1, 0.15) is 34.5 Å². The van der Waals surface area contributed by atoms with Crippen LogP contribution in [0.25, 0.3) is 0 Å². The second-order valence-corrected chi connectivity index (χ2v) is 3.97. The Bertz CT molecular complexity index is 577. The van der Waals surface area contributed by atoms with E-state index in [1.54, 1.807) is 4.68 Å². The van der Waals surface area contributed by atoms with Crippen LogP contribution in [0.15, 0.2) is 18.2 Å². The van der Waals surface area contributed by atoms with Gasteiger partial charge in [-0.3, -0.25) is 4.98 Å². The number of carbonyl (C=O) groups is 1. The first-order valence-electron chi connectivity index (χ1n) is 5.70. The summed E-state index contributed by atoms with van der Waals surface area (Å²) in [6.07, 6.45) is 0.570. The van der Waals surface area contributed by atoms with Crippen molar-refractivity contribution in [2.45, 2.75) is 26.8 Å². The molecule has 6 heteroatoms. The van der Waals surface area contributed by atoms with Gasteiger partial charge in [0.25, 0.3) is 0 Å². The van der Waals surface area contributed by atoms with Crippen LogP contribution in [-0.4, -0.2) is 31.1 Å². The van der Waals surface area contributed by atoms with Crippen LogP contribution in [0.2, 0.25) is 0 Å². The average molecular weight is 246 g/mol. The van der Waals surface area contributed by atoms with Gasteiger partial charge in [-0.05, 0) is 25.5 Å². The van der Waals surface area contributed by atoms with Gasteiger partial charge in [0.2, 0.25) is 0 Å². The summed E-state index contributed by atoms with van der Waals surface area (Å²) in [5.74, 6) is -1.05. The van der Waals surface area contributed by atoms with Crippen molar-refractivity contribution in [3.05, 3.63) is 41.0 Å². The molecule has 0 amide bonds. The Kier molecular flexibility index (Phi) is 3.36. The van der Waals surface area contributed by atoms with Gasteiger partial charge in [0.1, 0.15) is 0 Å². The van der Waals surface area contributed by atoms with Gasteiger partial charge >= 0.3 is 5.97 Å². The van der Waals surface area contributed by atoms with Gasteiger partial charge in [0, 0.05) is 5.69 Å². The van der Waals surface area contributed by atoms with E-state index in [1.807, 2.05) is 32.0 Å². The van der Waals surface area contributed by atoms with E-state index in [-0.39, 0.29) is 5.69 Å². The first kappa shape index (κ1) is 12.2. The van der Waals surface area contributed by atoms with Gasteiger partial charge in [-0.1, -0.05) is 18.2 Å². The molecular weight excluding hydrogens is 232 g/mol. The quantitative estimate of drug-likeness (QED) is 0.879. The molecule has 0 fully saturated rings. The number of nitrogens with zero attached hydrogens (tertiary/aromatic N) is 4. The summed E-state index contributed by atoms with van der Waals surface area (Å²) >= 11 is 0. The molecule has 0 aliphatic rings. The lowest BCUT2D eigenvalue weighted by Crippen LogP contribution is -2.09. The number of aryl methyl sites for hydroxylation is 1. The fourth-order valence-electron chi connectivity index (χ4n) is 1.82. The van der Waals surface area contributed by atoms with Crippen LogP contribution in [-0.2, 0) is 13.0 Å². The minimum atomic E-state index is -1.05. The lowest BCUT2D eigenvalue weighted by Gasteiger charge is -2.05. The highest BCUT2D eigenvalue weighted by atomic mass is 16.4. The zero-order valence-corrected chi connectivity index (χ0v) is 10.3. The summed E-state index contributed by atoms with van der Waals surface area (Å²) < 4.78 is 1.59. The largest absolute Gasteiger partial charge is 0.476 e. The molecule has 0 aromatic carbocycles. The SMILES string of the molecule is CCc1c(C(=O)O)nnn1Cc1cccc(C)n1. The van der Waals surface area contributed by atoms with Crippen LogP contribution < -0.4 is 0 Å². The summed E-state index contributed by atoms with van der Waals surface area (Å²) in [5, 5.41) is 16.6. The predicted molar refractivity (Wildman–Crippen MR) is 64.4 cm³/mol. The third-order valence-electron chi connectivity index (χ3n) is 2.63. The zero-order valence-electron chi connectivity index (χ0n) is 10.3. The van der Waals surface area contributed by atoms with E-state index in [1.165, 1.54) is 0 Å². The molecule has 0 radical (unpaired) electrons. The van der Waals surface area contributed by atoms with E-state index in [4.69, 9.17) is 5.11 Å². The van der Waals surface area contributed by atoms with E-state index in [2.05, 4.69) is 15.3 Å². The van der Waals surface area contributed by atoms with Gasteiger partial charge in [0.05, 0.1) is 17.9 Å². The Labute approximate surface area is 104 Å². The van der Waals surface area contributed by atoms with E-state index in [0.717, 1.165) is 11.4 Å². The van der Waals surface area contributed by atoms with Crippen LogP contribution in [0.3, 0.4) is 0 Å². The lowest BCUT2D eigenvalue weighted by atomic mass is 10.2. The van der Waals surface area contributed by atoms with Crippen LogP contribution in [0.4, 0.5) is 0 Å². The minimum Gasteiger partial charge on any atom is -0.476 e. The van der Waals surface area contributed by atoms with Gasteiger partial charge in [-0.2, -0.15) is 0 Å². The topological polar surface area (TPSA) is 80.9 Å². The van der Waals surface area contributed by atoms with Gasteiger partial charge in [-0.25, -0.2) is 9.48 Å². The van der Waals surface area contributed by atoms with Gasteiger partial charge < -0.3 is 5.11 Å². The molecule has 0 saturated carbocycles. The van der Waals surface area contributed by atoms with Gasteiger partial charge in [-0.15, -0.1) is 5.10 Å². The molecule has 6 nitrogen and oxygen atoms in total. The molecule has 0 aliphatic carbocycles. The van der Waals surface area contributed by atoms with Crippen molar-refractivity contribution in [3.8, 4) is 0 Å². The third kappa shape index (κ3) is 2.37. The molecular formula is C12H14N4O2. The lowest BCUT2D eigenvalue weighted by molar-refractivity contribution is 0.0689. The Morgan fingerprint density at radius 2 is 2.22 bits per heavy atom. The summed E-state index contributed by atoms with van der Waals surface area (Å²) in [5.41, 5.74) is 2.40. The molecule has 0 atom stereocenters. The maximum Gasteiger partial charge on any atom is 0.358 e. The molecule has 94 valence electrons. The third-order valence-corrected chi connectivity index (χ3v) is 2.63. The fraction of sp³-hybridized carbons (Fsp3) is 0.333. The van der Waals surface area contributed by atoms with Crippen molar-refractivity contribution < 1.29 is 9.90 Å². The molecule has 0 unspecified atom stereocenters. The number of hydrogen-bond acceptors (Lipinski definition) is 4. The van der Waals surface area contributed by atoms with E-state index in [9.17, 15) is 4.79 Å². The molecule has 2 heterocycles. The van der Waals surface area contributed by atoms with Crippen molar-refractivity contribution in [1.82, 2.24) is 20.0 Å². The number of aromatic carboxylic acids is 1. The number of aromatic nitrogens is 4. The first-order valence-corrected chi connectivity index (χ1v) is 5.70. The van der Waals surface area contributed by atoms with Crippen LogP contribution >= 0.6 is 0 Å². The second-order valence-electron chi connectivity index (χ2n) is 3.97. The number of carboxylic acids is 1. The molecule has 2 rings (SSSR count). The summed E-state index contributed by atoms with van der Waals surface area (Å²) in [6.45, 7) is 4.23. The summed E-state index contributed by atoms with van der Waals surface area (Å²) in [6, 6.07) is 5.71. The Morgan fingerprint density at radius 3 is 2.83 bits per heavy atom. The maximum atomic E-state index is 11.0. The van der Waals surface area contributed by atoms with Crippen LogP contribution in [0.5, 0.6) is 0 Å². The Morgan fingerprint density at radius 1 is 1.44 bits per heavy atom. The molecule has 0 aliphatic heterocycles. The molecule has 1 N–H and O–H groups in total. The molecule has 0 saturated heterocycles. The molecule has 2 aromatic rings. The average Bonchev–Trinajstić information content (AvgIpc) is 2.72. The normalized spacial score (nSPS) is 10.6. The monoisotopic (exact) mass is 246 g/mol. The second kappa shape index (κ2) is 4.95. The zero-order chi connectivity index (χ0) is 13.1. The summed E-state index contributed by atoms with van der Waals surface area (Å²) in [7, 11) is 0. The molecule has 18 heavy (non-hydrogen) atoms. The van der Waals surface area contributed by atoms with E-state index < -0.39 is 5.97 Å². The summed E-state index contributed by atoms with van der Waals surface area (Å²) in [4.78, 5) is 15.3. The Hall–Kier alpha value is -2.24. The van der Waals surface area contributed by atoms with Crippen molar-refractivity contribution >= 4 is 5.97 Å². The maximum absolute atomic E-state index is 11.0. The standard InChI is InChI=1S/C12H14N4O2/c1-3-10-11(12(17)18)14-15-16(10)7-9-6-4-5-8(2)13-9/h4-6H,3,7H2,1-2H3,(H,17,18). The fourth-order valence-corrected chi connectivity index (χ4v) is 1.82. The highest BCUT2D eigenvalue weighted by Crippen LogP contribution is 2.09. The predicted octanol–water partition coefficient (Wildman–Crippen LogP) is 1.29. The van der Waals surface area contributed by atoms with Crippen molar-refractivity contribution in [2.24, 2.45) is 0 Å². The number of pyridine rings is 1. The van der Waals surface area contributed by atoms with Crippen molar-refractivity contribution in [1.29, 1.82) is 0 Å². The molecule has 2 aromatic heterocycles. The highest BCUT2D eigenvalue weighted by Gasteiger charge is 2.17. The highest BCUT2D eigenvalue weighted by molar-refractivity contribution is 5.86. The van der Waals surface area contributed by atoms with Crippen molar-refractivity contribution in [3.63, 3.8) is 0 Å². The van der Waals surface area contributed by atoms with Crippen LogP contribution in [0, 0.1) is 6.92 Å². The first-order chi connectivity index (χ1) is 8.61. The van der Waals surface area contributed by atoms with E-state index in [0.29, 0.717) is 18.7 Å². The number of carboxylic acid groups (broad SMARTS) is 1. The number of rotatable bonds is 4. The minimum absolute atomic E-state index is 0.0187. The molecule has 0 spiro atoms. The molecule has 0 bridgehead atoms. The van der Waals surface area contributed by atoms with Crippen molar-refractivity contribution in [2.75, 3.05) is 0 Å². The Balaban J connectivity index is 2.32. The smallest absolute Gasteiger partial charge is 0.358 e. The van der Waals surface area contributed by atoms with E-state index >= 15 is 0 Å². The van der Waals surface area contributed by atoms with Gasteiger partial charge in [0.15, 0.2) is 5.69 Å².